The average molecular weight is 406 g/mol. The Kier molecular flexibility index (Phi) is 4.84. The van der Waals surface area contributed by atoms with Gasteiger partial charge in [0.05, 0.1) is 11.7 Å². The van der Waals surface area contributed by atoms with Crippen molar-refractivity contribution < 1.29 is 8.78 Å². The summed E-state index contributed by atoms with van der Waals surface area (Å²) in [5.74, 6) is 0.439. The maximum absolute atomic E-state index is 14.0. The van der Waals surface area contributed by atoms with Crippen molar-refractivity contribution in [1.29, 1.82) is 0 Å². The Morgan fingerprint density at radius 1 is 1.00 bits per heavy atom. The Balaban J connectivity index is 1.34. The first-order valence-electron chi connectivity index (χ1n) is 9.84. The first-order chi connectivity index (χ1) is 14.7. The number of nitrogens with one attached hydrogen (secondary N) is 1. The van der Waals surface area contributed by atoms with Crippen LogP contribution in [0.3, 0.4) is 0 Å². The van der Waals surface area contributed by atoms with Crippen molar-refractivity contribution >= 4 is 22.7 Å². The van der Waals surface area contributed by atoms with Crippen LogP contribution in [0, 0.1) is 11.6 Å². The van der Waals surface area contributed by atoms with Gasteiger partial charge in [-0.3, -0.25) is 9.88 Å². The zero-order valence-electron chi connectivity index (χ0n) is 16.2. The van der Waals surface area contributed by atoms with Gasteiger partial charge in [0.2, 0.25) is 0 Å². The Labute approximate surface area is 172 Å². The number of allylic oxidation sites excluding steroid dienone is 3. The predicted octanol–water partition coefficient (Wildman–Crippen LogP) is 3.49. The molecule has 30 heavy (non-hydrogen) atoms. The summed E-state index contributed by atoms with van der Waals surface area (Å²) in [5.41, 5.74) is 3.02. The van der Waals surface area contributed by atoms with Gasteiger partial charge < -0.3 is 10.2 Å². The molecule has 0 bridgehead atoms. The van der Waals surface area contributed by atoms with Crippen LogP contribution in [0.25, 0.3) is 11.0 Å². The molecule has 1 aromatic carbocycles. The van der Waals surface area contributed by atoms with Crippen LogP contribution in [0.1, 0.15) is 5.56 Å². The summed E-state index contributed by atoms with van der Waals surface area (Å²) in [4.78, 5) is 18.1. The summed E-state index contributed by atoms with van der Waals surface area (Å²) in [6, 6.07) is 5.61. The van der Waals surface area contributed by atoms with Crippen molar-refractivity contribution in [2.75, 3.05) is 36.4 Å². The zero-order chi connectivity index (χ0) is 20.5. The van der Waals surface area contributed by atoms with E-state index in [-0.39, 0.29) is 0 Å². The first kappa shape index (κ1) is 18.6. The molecule has 1 N–H and O–H groups in total. The molecule has 6 nitrogen and oxygen atoms in total. The summed E-state index contributed by atoms with van der Waals surface area (Å²) in [5, 5.41) is 3.33. The highest BCUT2D eigenvalue weighted by Crippen LogP contribution is 2.28. The van der Waals surface area contributed by atoms with Crippen molar-refractivity contribution in [2.45, 2.75) is 6.54 Å². The van der Waals surface area contributed by atoms with Gasteiger partial charge in [0.1, 0.15) is 17.2 Å². The number of rotatable bonds is 5. The van der Waals surface area contributed by atoms with Crippen molar-refractivity contribution in [3.05, 3.63) is 77.8 Å². The van der Waals surface area contributed by atoms with E-state index >= 15 is 0 Å². The van der Waals surface area contributed by atoms with Crippen LogP contribution in [0.5, 0.6) is 0 Å². The van der Waals surface area contributed by atoms with Crippen LogP contribution < -0.4 is 10.2 Å². The molecule has 1 aliphatic heterocycles. The SMILES string of the molecule is Fc1ccc(CN2CCN(c3nc4ccncc4nc3NC3=CC=C3)CC2)c(F)c1. The monoisotopic (exact) mass is 406 g/mol. The van der Waals surface area contributed by atoms with Crippen molar-refractivity contribution in [1.82, 2.24) is 19.9 Å². The lowest BCUT2D eigenvalue weighted by molar-refractivity contribution is 0.246. The summed E-state index contributed by atoms with van der Waals surface area (Å²) in [6.45, 7) is 3.41. The van der Waals surface area contributed by atoms with E-state index in [0.29, 0.717) is 17.9 Å². The van der Waals surface area contributed by atoms with Crippen molar-refractivity contribution in [2.24, 2.45) is 0 Å². The van der Waals surface area contributed by atoms with Gasteiger partial charge in [0, 0.05) is 56.2 Å². The van der Waals surface area contributed by atoms with E-state index in [2.05, 4.69) is 20.1 Å². The lowest BCUT2D eigenvalue weighted by Gasteiger charge is -2.36. The second-order valence-corrected chi connectivity index (χ2v) is 7.37. The number of benzene rings is 1. The number of aromatic nitrogens is 3. The fourth-order valence-electron chi connectivity index (χ4n) is 3.62. The standard InChI is InChI=1S/C22H20F2N6/c23-16-5-4-15(18(24)12-16)14-29-8-10-30(11-9-29)22-21(26-17-2-1-3-17)27-20-13-25-7-6-19(20)28-22/h1-7,12-13H,8-11,14H2,(H,26,27). The minimum Gasteiger partial charge on any atom is -0.351 e. The summed E-state index contributed by atoms with van der Waals surface area (Å²) < 4.78 is 27.1. The summed E-state index contributed by atoms with van der Waals surface area (Å²) in [7, 11) is 0. The molecule has 1 aliphatic carbocycles. The fraction of sp³-hybridized carbons (Fsp3) is 0.227. The molecule has 8 heteroatoms. The number of halogens is 2. The number of anilines is 2. The van der Waals surface area contributed by atoms with Gasteiger partial charge in [0.25, 0.3) is 0 Å². The van der Waals surface area contributed by atoms with Crippen LogP contribution in [-0.2, 0) is 6.54 Å². The van der Waals surface area contributed by atoms with Crippen LogP contribution >= 0.6 is 0 Å². The number of hydrogen-bond donors (Lipinski definition) is 1. The predicted molar refractivity (Wildman–Crippen MR) is 112 cm³/mol. The molecule has 0 unspecified atom stereocenters. The van der Waals surface area contributed by atoms with E-state index in [1.807, 2.05) is 24.3 Å². The van der Waals surface area contributed by atoms with Crippen LogP contribution in [0.15, 0.2) is 60.6 Å². The van der Waals surface area contributed by atoms with Crippen LogP contribution in [-0.4, -0.2) is 46.0 Å². The molecule has 1 saturated heterocycles. The lowest BCUT2D eigenvalue weighted by Crippen LogP contribution is -2.46. The highest BCUT2D eigenvalue weighted by atomic mass is 19.1. The third kappa shape index (κ3) is 3.73. The highest BCUT2D eigenvalue weighted by Gasteiger charge is 2.23. The summed E-state index contributed by atoms with van der Waals surface area (Å²) in [6.07, 6.45) is 9.34. The third-order valence-electron chi connectivity index (χ3n) is 5.34. The molecule has 1 fully saturated rings. The molecule has 2 aliphatic rings. The van der Waals surface area contributed by atoms with Gasteiger partial charge in [-0.05, 0) is 24.3 Å². The molecule has 0 amide bonds. The number of piperazine rings is 1. The molecule has 3 heterocycles. The molecule has 5 rings (SSSR count). The highest BCUT2D eigenvalue weighted by molar-refractivity contribution is 5.80. The van der Waals surface area contributed by atoms with E-state index < -0.39 is 11.6 Å². The van der Waals surface area contributed by atoms with Gasteiger partial charge in [-0.15, -0.1) is 0 Å². The number of hydrogen-bond acceptors (Lipinski definition) is 6. The lowest BCUT2D eigenvalue weighted by atomic mass is 10.1. The van der Waals surface area contributed by atoms with Crippen LogP contribution in [0.2, 0.25) is 0 Å². The Bertz CT molecular complexity index is 1150. The molecule has 0 atom stereocenters. The number of nitrogens with zero attached hydrogens (tertiary/aromatic N) is 5. The molecular weight excluding hydrogens is 386 g/mol. The molecule has 2 aromatic heterocycles. The topological polar surface area (TPSA) is 57.2 Å². The second kappa shape index (κ2) is 7.79. The summed E-state index contributed by atoms with van der Waals surface area (Å²) >= 11 is 0. The van der Waals surface area contributed by atoms with Crippen molar-refractivity contribution in [3.8, 4) is 0 Å². The molecular formula is C22H20F2N6. The van der Waals surface area contributed by atoms with E-state index in [9.17, 15) is 8.78 Å². The Morgan fingerprint density at radius 3 is 2.57 bits per heavy atom. The maximum Gasteiger partial charge on any atom is 0.174 e. The minimum absolute atomic E-state index is 0.456. The number of pyridine rings is 1. The van der Waals surface area contributed by atoms with E-state index in [4.69, 9.17) is 9.97 Å². The molecule has 152 valence electrons. The molecule has 3 aromatic rings. The quantitative estimate of drug-likeness (QED) is 0.700. The average Bonchev–Trinajstić information content (AvgIpc) is 2.73. The normalized spacial score (nSPS) is 16.5. The third-order valence-corrected chi connectivity index (χ3v) is 5.34. The zero-order valence-corrected chi connectivity index (χ0v) is 16.2. The second-order valence-electron chi connectivity index (χ2n) is 7.37. The van der Waals surface area contributed by atoms with E-state index in [1.54, 1.807) is 12.4 Å². The van der Waals surface area contributed by atoms with E-state index in [0.717, 1.165) is 54.8 Å². The van der Waals surface area contributed by atoms with Crippen molar-refractivity contribution in [3.63, 3.8) is 0 Å². The smallest absolute Gasteiger partial charge is 0.174 e. The first-order valence-corrected chi connectivity index (χ1v) is 9.84. The van der Waals surface area contributed by atoms with Gasteiger partial charge >= 0.3 is 0 Å². The van der Waals surface area contributed by atoms with Gasteiger partial charge in [-0.25, -0.2) is 18.7 Å². The number of fused-ring (bicyclic) bond motifs is 1. The van der Waals surface area contributed by atoms with Gasteiger partial charge in [-0.2, -0.15) is 0 Å². The maximum atomic E-state index is 14.0. The fourth-order valence-corrected chi connectivity index (χ4v) is 3.62. The Hall–Kier alpha value is -3.39. The van der Waals surface area contributed by atoms with E-state index in [1.165, 1.54) is 12.1 Å². The van der Waals surface area contributed by atoms with Gasteiger partial charge in [-0.1, -0.05) is 12.1 Å². The molecule has 0 spiro atoms. The molecule has 0 radical (unpaired) electrons. The van der Waals surface area contributed by atoms with Gasteiger partial charge in [0.15, 0.2) is 11.6 Å². The van der Waals surface area contributed by atoms with Crippen LogP contribution in [0.4, 0.5) is 20.4 Å². The molecule has 0 saturated carbocycles. The largest absolute Gasteiger partial charge is 0.351 e. The Morgan fingerprint density at radius 2 is 1.83 bits per heavy atom. The minimum atomic E-state index is -0.553.